The van der Waals surface area contributed by atoms with Crippen molar-refractivity contribution < 1.29 is 32.9 Å². The second-order valence-corrected chi connectivity index (χ2v) is 4.96. The van der Waals surface area contributed by atoms with Crippen molar-refractivity contribution >= 4 is 23.5 Å². The molecule has 24 heavy (non-hydrogen) atoms. The fraction of sp³-hybridized carbons (Fsp3) is 0.583. The zero-order valence-electron chi connectivity index (χ0n) is 12.3. The van der Waals surface area contributed by atoms with Gasteiger partial charge in [-0.15, -0.1) is 0 Å². The summed E-state index contributed by atoms with van der Waals surface area (Å²) in [6.07, 6.45) is -2.55. The van der Waals surface area contributed by atoms with Crippen LogP contribution in [0, 0.1) is 0 Å². The molecule has 0 bridgehead atoms. The SMILES string of the molecule is O=C(O)C(F)(F)F.OCCOc1nc(NC2CCNC2)ncc1Cl. The molecular weight excluding hydrogens is 357 g/mol. The zero-order chi connectivity index (χ0) is 18.2. The second kappa shape index (κ2) is 9.45. The molecule has 1 aliphatic heterocycles. The third-order valence-electron chi connectivity index (χ3n) is 2.68. The minimum absolute atomic E-state index is 0.0738. The molecule has 1 aromatic rings. The number of aliphatic carboxylic acids is 1. The van der Waals surface area contributed by atoms with Crippen LogP contribution < -0.4 is 15.4 Å². The van der Waals surface area contributed by atoms with Gasteiger partial charge in [0.15, 0.2) is 0 Å². The minimum Gasteiger partial charge on any atom is -0.475 e. The number of carbonyl (C=O) groups is 1. The van der Waals surface area contributed by atoms with Gasteiger partial charge in [-0.2, -0.15) is 18.2 Å². The van der Waals surface area contributed by atoms with Gasteiger partial charge in [0.1, 0.15) is 11.6 Å². The van der Waals surface area contributed by atoms with Crippen LogP contribution in [0.1, 0.15) is 6.42 Å². The van der Waals surface area contributed by atoms with Gasteiger partial charge in [-0.05, 0) is 13.0 Å². The normalized spacial score (nSPS) is 17.0. The van der Waals surface area contributed by atoms with Crippen molar-refractivity contribution in [1.82, 2.24) is 15.3 Å². The van der Waals surface area contributed by atoms with Crippen LogP contribution in [0.2, 0.25) is 5.02 Å². The van der Waals surface area contributed by atoms with Gasteiger partial charge in [-0.3, -0.25) is 0 Å². The Hall–Kier alpha value is -1.85. The number of carboxylic acid groups (broad SMARTS) is 1. The minimum atomic E-state index is -5.08. The van der Waals surface area contributed by atoms with Crippen LogP contribution in [-0.2, 0) is 4.79 Å². The third kappa shape index (κ3) is 7.15. The van der Waals surface area contributed by atoms with Gasteiger partial charge in [0.05, 0.1) is 12.8 Å². The van der Waals surface area contributed by atoms with Crippen molar-refractivity contribution in [2.24, 2.45) is 0 Å². The predicted molar refractivity (Wildman–Crippen MR) is 78.2 cm³/mol. The maximum atomic E-state index is 10.6. The van der Waals surface area contributed by atoms with E-state index < -0.39 is 12.1 Å². The molecule has 1 unspecified atom stereocenters. The first-order valence-electron chi connectivity index (χ1n) is 6.77. The molecule has 12 heteroatoms. The van der Waals surface area contributed by atoms with Crippen LogP contribution in [0.25, 0.3) is 0 Å². The Morgan fingerprint density at radius 1 is 1.54 bits per heavy atom. The van der Waals surface area contributed by atoms with E-state index in [1.165, 1.54) is 6.20 Å². The number of alkyl halides is 3. The molecule has 2 rings (SSSR count). The lowest BCUT2D eigenvalue weighted by atomic mass is 10.3. The Labute approximate surface area is 140 Å². The van der Waals surface area contributed by atoms with Gasteiger partial charge >= 0.3 is 12.1 Å². The molecule has 0 aromatic carbocycles. The Balaban J connectivity index is 0.000000351. The number of aliphatic hydroxyl groups is 1. The summed E-state index contributed by atoms with van der Waals surface area (Å²) in [5, 5.41) is 22.6. The molecule has 1 aromatic heterocycles. The molecule has 1 saturated heterocycles. The molecule has 8 nitrogen and oxygen atoms in total. The topological polar surface area (TPSA) is 117 Å². The van der Waals surface area contributed by atoms with Gasteiger partial charge < -0.3 is 25.6 Å². The number of nitrogens with zero attached hydrogens (tertiary/aromatic N) is 2. The maximum absolute atomic E-state index is 10.6. The number of aliphatic hydroxyl groups excluding tert-OH is 1. The Bertz CT molecular complexity index is 542. The lowest BCUT2D eigenvalue weighted by molar-refractivity contribution is -0.192. The van der Waals surface area contributed by atoms with Gasteiger partial charge in [-0.25, -0.2) is 9.78 Å². The smallest absolute Gasteiger partial charge is 0.475 e. The number of hydrogen-bond donors (Lipinski definition) is 4. The molecule has 0 spiro atoms. The van der Waals surface area contributed by atoms with Crippen molar-refractivity contribution in [3.63, 3.8) is 0 Å². The zero-order valence-corrected chi connectivity index (χ0v) is 13.1. The van der Waals surface area contributed by atoms with Gasteiger partial charge in [0.25, 0.3) is 0 Å². The quantitative estimate of drug-likeness (QED) is 0.602. The van der Waals surface area contributed by atoms with E-state index in [4.69, 9.17) is 31.3 Å². The average molecular weight is 373 g/mol. The molecule has 136 valence electrons. The summed E-state index contributed by atoms with van der Waals surface area (Å²) in [5.41, 5.74) is 0. The monoisotopic (exact) mass is 372 g/mol. The van der Waals surface area contributed by atoms with Crippen molar-refractivity contribution in [2.75, 3.05) is 31.6 Å². The van der Waals surface area contributed by atoms with E-state index in [9.17, 15) is 13.2 Å². The van der Waals surface area contributed by atoms with Crippen LogP contribution in [0.5, 0.6) is 5.88 Å². The molecule has 1 atom stereocenters. The van der Waals surface area contributed by atoms with Crippen LogP contribution in [0.15, 0.2) is 6.20 Å². The van der Waals surface area contributed by atoms with E-state index in [1.807, 2.05) is 0 Å². The number of rotatable bonds is 5. The number of aromatic nitrogens is 2. The Morgan fingerprint density at radius 2 is 2.21 bits per heavy atom. The average Bonchev–Trinajstić information content (AvgIpc) is 3.00. The number of anilines is 1. The van der Waals surface area contributed by atoms with E-state index in [0.29, 0.717) is 22.9 Å². The van der Waals surface area contributed by atoms with E-state index >= 15 is 0 Å². The summed E-state index contributed by atoms with van der Waals surface area (Å²) in [4.78, 5) is 17.1. The summed E-state index contributed by atoms with van der Waals surface area (Å²) >= 11 is 5.88. The molecule has 1 aliphatic rings. The molecule has 0 saturated carbocycles. The van der Waals surface area contributed by atoms with E-state index in [2.05, 4.69) is 20.6 Å². The van der Waals surface area contributed by atoms with Crippen LogP contribution in [0.3, 0.4) is 0 Å². The van der Waals surface area contributed by atoms with Crippen LogP contribution in [0.4, 0.5) is 19.1 Å². The van der Waals surface area contributed by atoms with Gasteiger partial charge in [-0.1, -0.05) is 11.6 Å². The first-order valence-corrected chi connectivity index (χ1v) is 7.15. The summed E-state index contributed by atoms with van der Waals surface area (Å²) in [7, 11) is 0. The molecule has 0 amide bonds. The van der Waals surface area contributed by atoms with Crippen LogP contribution in [-0.4, -0.2) is 64.7 Å². The van der Waals surface area contributed by atoms with Crippen molar-refractivity contribution in [3.8, 4) is 5.88 Å². The lowest BCUT2D eigenvalue weighted by Crippen LogP contribution is -2.23. The molecule has 4 N–H and O–H groups in total. The highest BCUT2D eigenvalue weighted by Gasteiger charge is 2.38. The van der Waals surface area contributed by atoms with Gasteiger partial charge in [0, 0.05) is 12.6 Å². The van der Waals surface area contributed by atoms with Crippen LogP contribution >= 0.6 is 11.6 Å². The first kappa shape index (κ1) is 20.2. The van der Waals surface area contributed by atoms with Crippen molar-refractivity contribution in [2.45, 2.75) is 18.6 Å². The van der Waals surface area contributed by atoms with E-state index in [-0.39, 0.29) is 13.2 Å². The summed E-state index contributed by atoms with van der Waals surface area (Å²) in [6.45, 7) is 1.99. The highest BCUT2D eigenvalue weighted by molar-refractivity contribution is 6.31. The van der Waals surface area contributed by atoms with Crippen molar-refractivity contribution in [3.05, 3.63) is 11.2 Å². The molecule has 2 heterocycles. The molecular formula is C12H16ClF3N4O4. The standard InChI is InChI=1S/C10H15ClN4O2.C2HF3O2/c11-8-6-13-10(14-7-1-2-12-5-7)15-9(8)17-4-3-16;3-2(4,5)1(6)7/h6-7,12,16H,1-5H2,(H,13,14,15);(H,6,7). The Kier molecular flexibility index (Phi) is 7.95. The molecule has 1 fully saturated rings. The number of ether oxygens (including phenoxy) is 1. The summed E-state index contributed by atoms with van der Waals surface area (Å²) in [5.74, 6) is -1.97. The fourth-order valence-electron chi connectivity index (χ4n) is 1.62. The van der Waals surface area contributed by atoms with E-state index in [0.717, 1.165) is 19.5 Å². The fourth-order valence-corrected chi connectivity index (χ4v) is 1.77. The second-order valence-electron chi connectivity index (χ2n) is 4.56. The molecule has 0 aliphatic carbocycles. The first-order chi connectivity index (χ1) is 11.2. The maximum Gasteiger partial charge on any atom is 0.490 e. The Morgan fingerprint density at radius 3 is 2.71 bits per heavy atom. The predicted octanol–water partition coefficient (Wildman–Crippen LogP) is 0.908. The number of hydrogen-bond acceptors (Lipinski definition) is 7. The number of carboxylic acids is 1. The third-order valence-corrected chi connectivity index (χ3v) is 2.94. The largest absolute Gasteiger partial charge is 0.490 e. The number of nitrogens with one attached hydrogen (secondary N) is 2. The lowest BCUT2D eigenvalue weighted by Gasteiger charge is -2.12. The highest BCUT2D eigenvalue weighted by atomic mass is 35.5. The summed E-state index contributed by atoms with van der Waals surface area (Å²) in [6, 6.07) is 0.335. The summed E-state index contributed by atoms with van der Waals surface area (Å²) < 4.78 is 36.9. The van der Waals surface area contributed by atoms with Crippen molar-refractivity contribution in [1.29, 1.82) is 0 Å². The number of halogens is 4. The molecule has 0 radical (unpaired) electrons. The van der Waals surface area contributed by atoms with Gasteiger partial charge in [0.2, 0.25) is 11.8 Å². The highest BCUT2D eigenvalue weighted by Crippen LogP contribution is 2.22. The van der Waals surface area contributed by atoms with E-state index in [1.54, 1.807) is 0 Å².